The van der Waals surface area contributed by atoms with Crippen molar-refractivity contribution in [2.45, 2.75) is 25.4 Å². The molecule has 3 rings (SSSR count). The molecule has 0 amide bonds. The van der Waals surface area contributed by atoms with E-state index in [1.165, 1.54) is 0 Å². The van der Waals surface area contributed by atoms with Crippen LogP contribution in [-0.4, -0.2) is 30.0 Å². The van der Waals surface area contributed by atoms with Gasteiger partial charge in [0.25, 0.3) is 5.89 Å². The van der Waals surface area contributed by atoms with Crippen molar-refractivity contribution < 1.29 is 14.0 Å². The molecule has 1 aromatic heterocycles. The first-order chi connectivity index (χ1) is 9.76. The van der Waals surface area contributed by atoms with E-state index in [0.29, 0.717) is 29.6 Å². The number of aromatic nitrogens is 2. The molecule has 6 heteroatoms. The summed E-state index contributed by atoms with van der Waals surface area (Å²) in [5, 5.41) is 3.99. The van der Waals surface area contributed by atoms with Gasteiger partial charge in [-0.05, 0) is 31.0 Å². The molecule has 2 heterocycles. The molecule has 106 valence electrons. The van der Waals surface area contributed by atoms with Gasteiger partial charge in [0, 0.05) is 18.6 Å². The Kier molecular flexibility index (Phi) is 3.56. The zero-order valence-corrected chi connectivity index (χ0v) is 11.3. The predicted molar refractivity (Wildman–Crippen MR) is 73.4 cm³/mol. The summed E-state index contributed by atoms with van der Waals surface area (Å²) in [7, 11) is 1.58. The van der Waals surface area contributed by atoms with Gasteiger partial charge >= 0.3 is 0 Å². The number of nitrogens with zero attached hydrogens (tertiary/aromatic N) is 2. The minimum absolute atomic E-state index is 0.210. The summed E-state index contributed by atoms with van der Waals surface area (Å²) in [6.07, 6.45) is 3.06. The molecule has 1 saturated heterocycles. The van der Waals surface area contributed by atoms with Crippen molar-refractivity contribution in [3.63, 3.8) is 0 Å². The summed E-state index contributed by atoms with van der Waals surface area (Å²) in [5.74, 6) is 1.77. The van der Waals surface area contributed by atoms with Crippen LogP contribution < -0.4 is 10.5 Å². The average molecular weight is 275 g/mol. The van der Waals surface area contributed by atoms with Crippen molar-refractivity contribution in [2.75, 3.05) is 19.5 Å². The van der Waals surface area contributed by atoms with E-state index in [4.69, 9.17) is 19.7 Å². The first-order valence-electron chi connectivity index (χ1n) is 6.64. The molecular formula is C14H17N3O3. The van der Waals surface area contributed by atoms with Crippen molar-refractivity contribution in [2.24, 2.45) is 0 Å². The number of benzene rings is 1. The fourth-order valence-corrected chi connectivity index (χ4v) is 2.33. The third-order valence-electron chi connectivity index (χ3n) is 3.38. The predicted octanol–water partition coefficient (Wildman–Crippen LogP) is 2.05. The van der Waals surface area contributed by atoms with Gasteiger partial charge < -0.3 is 19.7 Å². The molecule has 0 saturated carbocycles. The van der Waals surface area contributed by atoms with Crippen LogP contribution in [0.25, 0.3) is 11.5 Å². The average Bonchev–Trinajstić information content (AvgIpc) is 3.11. The number of anilines is 1. The molecule has 0 bridgehead atoms. The summed E-state index contributed by atoms with van der Waals surface area (Å²) in [5.41, 5.74) is 7.20. The maximum Gasteiger partial charge on any atom is 0.258 e. The van der Waals surface area contributed by atoms with Crippen LogP contribution in [0.3, 0.4) is 0 Å². The van der Waals surface area contributed by atoms with Gasteiger partial charge in [-0.1, -0.05) is 5.16 Å². The van der Waals surface area contributed by atoms with Gasteiger partial charge in [0.15, 0.2) is 5.82 Å². The second-order valence-electron chi connectivity index (χ2n) is 4.81. The molecule has 1 fully saturated rings. The highest BCUT2D eigenvalue weighted by Crippen LogP contribution is 2.27. The normalized spacial score (nSPS) is 18.4. The monoisotopic (exact) mass is 275 g/mol. The van der Waals surface area contributed by atoms with Crippen LogP contribution in [0.4, 0.5) is 5.69 Å². The Morgan fingerprint density at radius 1 is 1.45 bits per heavy atom. The van der Waals surface area contributed by atoms with E-state index in [9.17, 15) is 0 Å². The molecule has 0 spiro atoms. The number of hydrogen-bond donors (Lipinski definition) is 1. The first kappa shape index (κ1) is 12.9. The molecule has 2 aromatic rings. The Labute approximate surface area is 116 Å². The van der Waals surface area contributed by atoms with Gasteiger partial charge in [-0.2, -0.15) is 4.98 Å². The van der Waals surface area contributed by atoms with Crippen LogP contribution >= 0.6 is 0 Å². The highest BCUT2D eigenvalue weighted by Gasteiger charge is 2.19. The summed E-state index contributed by atoms with van der Waals surface area (Å²) in [4.78, 5) is 4.39. The van der Waals surface area contributed by atoms with Crippen LogP contribution in [0, 0.1) is 0 Å². The zero-order chi connectivity index (χ0) is 13.9. The minimum Gasteiger partial charge on any atom is -0.495 e. The zero-order valence-electron chi connectivity index (χ0n) is 11.3. The van der Waals surface area contributed by atoms with E-state index in [1.54, 1.807) is 19.2 Å². The lowest BCUT2D eigenvalue weighted by molar-refractivity contribution is 0.109. The Morgan fingerprint density at radius 3 is 3.05 bits per heavy atom. The fraction of sp³-hybridized carbons (Fsp3) is 0.429. The van der Waals surface area contributed by atoms with Gasteiger partial charge in [-0.3, -0.25) is 0 Å². The standard InChI is InChI=1S/C14H17N3O3/c1-18-12-5-4-9(7-11(12)15)14-16-13(17-20-14)8-10-3-2-6-19-10/h4-5,7,10H,2-3,6,8,15H2,1H3. The van der Waals surface area contributed by atoms with Crippen molar-refractivity contribution in [3.8, 4) is 17.2 Å². The van der Waals surface area contributed by atoms with Crippen molar-refractivity contribution in [1.82, 2.24) is 10.1 Å². The highest BCUT2D eigenvalue weighted by molar-refractivity contribution is 5.65. The lowest BCUT2D eigenvalue weighted by Crippen LogP contribution is -2.09. The fourth-order valence-electron chi connectivity index (χ4n) is 2.33. The molecule has 1 unspecified atom stereocenters. The molecule has 2 N–H and O–H groups in total. The van der Waals surface area contributed by atoms with E-state index in [2.05, 4.69) is 10.1 Å². The summed E-state index contributed by atoms with van der Waals surface area (Å²) < 4.78 is 16.0. The molecule has 1 aliphatic rings. The van der Waals surface area contributed by atoms with Crippen LogP contribution in [0.15, 0.2) is 22.7 Å². The molecule has 6 nitrogen and oxygen atoms in total. The second-order valence-corrected chi connectivity index (χ2v) is 4.81. The topological polar surface area (TPSA) is 83.4 Å². The quantitative estimate of drug-likeness (QED) is 0.860. The number of ether oxygens (including phenoxy) is 2. The molecular weight excluding hydrogens is 258 g/mol. The highest BCUT2D eigenvalue weighted by atomic mass is 16.5. The third kappa shape index (κ3) is 2.60. The van der Waals surface area contributed by atoms with E-state index >= 15 is 0 Å². The van der Waals surface area contributed by atoms with Gasteiger partial charge in [0.1, 0.15) is 5.75 Å². The minimum atomic E-state index is 0.210. The first-order valence-corrected chi connectivity index (χ1v) is 6.64. The van der Waals surface area contributed by atoms with Crippen molar-refractivity contribution in [1.29, 1.82) is 0 Å². The SMILES string of the molecule is COc1ccc(-c2nc(CC3CCCO3)no2)cc1N. The number of rotatable bonds is 4. The number of nitrogens with two attached hydrogens (primary N) is 1. The van der Waals surface area contributed by atoms with Crippen LogP contribution in [-0.2, 0) is 11.2 Å². The van der Waals surface area contributed by atoms with E-state index in [1.807, 2.05) is 6.07 Å². The lowest BCUT2D eigenvalue weighted by atomic mass is 10.1. The van der Waals surface area contributed by atoms with Crippen LogP contribution in [0.2, 0.25) is 0 Å². The van der Waals surface area contributed by atoms with Gasteiger partial charge in [-0.15, -0.1) is 0 Å². The number of methoxy groups -OCH3 is 1. The molecule has 1 aromatic carbocycles. The Bertz CT molecular complexity index is 591. The number of hydrogen-bond acceptors (Lipinski definition) is 6. The van der Waals surface area contributed by atoms with Gasteiger partial charge in [-0.25, -0.2) is 0 Å². The summed E-state index contributed by atoms with van der Waals surface area (Å²) >= 11 is 0. The maximum atomic E-state index is 5.87. The molecule has 1 aliphatic heterocycles. The second kappa shape index (κ2) is 5.50. The third-order valence-corrected chi connectivity index (χ3v) is 3.38. The largest absolute Gasteiger partial charge is 0.495 e. The van der Waals surface area contributed by atoms with Crippen LogP contribution in [0.5, 0.6) is 5.75 Å². The van der Waals surface area contributed by atoms with Crippen molar-refractivity contribution >= 4 is 5.69 Å². The van der Waals surface area contributed by atoms with E-state index in [-0.39, 0.29) is 6.10 Å². The molecule has 0 aliphatic carbocycles. The summed E-state index contributed by atoms with van der Waals surface area (Å²) in [6.45, 7) is 0.824. The molecule has 1 atom stereocenters. The van der Waals surface area contributed by atoms with E-state index in [0.717, 1.165) is 25.0 Å². The Morgan fingerprint density at radius 2 is 2.35 bits per heavy atom. The van der Waals surface area contributed by atoms with Gasteiger partial charge in [0.2, 0.25) is 0 Å². The van der Waals surface area contributed by atoms with E-state index < -0.39 is 0 Å². The number of nitrogen functional groups attached to an aromatic ring is 1. The lowest BCUT2D eigenvalue weighted by Gasteiger charge is -2.04. The Balaban J connectivity index is 1.77. The maximum absolute atomic E-state index is 5.87. The van der Waals surface area contributed by atoms with Crippen LogP contribution in [0.1, 0.15) is 18.7 Å². The molecule has 20 heavy (non-hydrogen) atoms. The Hall–Kier alpha value is -2.08. The van der Waals surface area contributed by atoms with Gasteiger partial charge in [0.05, 0.1) is 18.9 Å². The molecule has 0 radical (unpaired) electrons. The smallest absolute Gasteiger partial charge is 0.258 e. The van der Waals surface area contributed by atoms with Crippen molar-refractivity contribution in [3.05, 3.63) is 24.0 Å². The summed E-state index contributed by atoms with van der Waals surface area (Å²) in [6, 6.07) is 5.40.